The van der Waals surface area contributed by atoms with Crippen molar-refractivity contribution in [2.75, 3.05) is 20.8 Å². The molecule has 3 rings (SSSR count). The number of nitrogens with one attached hydrogen (secondary N) is 2. The lowest BCUT2D eigenvalue weighted by Crippen LogP contribution is -2.60. The van der Waals surface area contributed by atoms with Crippen LogP contribution >= 0.6 is 0 Å². The van der Waals surface area contributed by atoms with Gasteiger partial charge >= 0.3 is 5.97 Å². The molecule has 0 aromatic carbocycles. The quantitative estimate of drug-likeness (QED) is 0.00692. The molecule has 2 aliphatic heterocycles. The number of aliphatic hydroxyl groups excluding tert-OH is 1. The average Bonchev–Trinajstić information content (AvgIpc) is 3.32. The number of Topliss-reactive ketones (excluding diaryl/α,β-unsaturated/α-hetero) is 3. The number of nitrogens with zero attached hydrogens (tertiary/aromatic N) is 3. The third kappa shape index (κ3) is 17.9. The van der Waals surface area contributed by atoms with Gasteiger partial charge in [0.2, 0.25) is 5.79 Å². The summed E-state index contributed by atoms with van der Waals surface area (Å²) in [5.41, 5.74) is 11.2. The van der Waals surface area contributed by atoms with Gasteiger partial charge in [0.05, 0.1) is 30.5 Å². The summed E-state index contributed by atoms with van der Waals surface area (Å²) in [6.07, 6.45) is 18.6. The number of ketones is 3. The Balaban J connectivity index is 1.39. The zero-order valence-electron chi connectivity index (χ0n) is 42.9. The number of carboxylic acid groups (broad SMARTS) is 1. The fraction of sp³-hybridized carbons (Fsp3) is 0.755. The average molecular weight is 968 g/mol. The molecule has 14 atom stereocenters. The molecule has 0 bridgehead atoms. The van der Waals surface area contributed by atoms with Gasteiger partial charge in [0.15, 0.2) is 0 Å². The third-order valence-corrected chi connectivity index (χ3v) is 15.0. The molecular weight excluding hydrogens is 883 g/mol. The highest BCUT2D eigenvalue weighted by Gasteiger charge is 2.52. The lowest BCUT2D eigenvalue weighted by molar-refractivity contribution is -0.264. The SMILES string of the molecule is CO[C@@H](CC[C@@H]1CC[C@@H](C)C(O)(C(=O)C(=O)N2CCCC[C@H]2C(=O)O)O1)C(C)CC=C=C/C=C/C(C)C[C@@H](C)C(=O)C[C@H](O)/C(C)=C/[C@@H](C)C(=O)CC[C@H](C)C[C@@H]1CC[C@H](N(C=N)N=N)[C@H](OC)C1. The number of ether oxygens (including phenoxy) is 3. The number of aliphatic hydroxyl groups is 2. The zero-order valence-corrected chi connectivity index (χ0v) is 42.9. The van der Waals surface area contributed by atoms with Crippen molar-refractivity contribution in [3.05, 3.63) is 41.7 Å². The summed E-state index contributed by atoms with van der Waals surface area (Å²) in [6.45, 7) is 13.6. The highest BCUT2D eigenvalue weighted by Crippen LogP contribution is 2.37. The predicted molar refractivity (Wildman–Crippen MR) is 263 cm³/mol. The molecule has 388 valence electrons. The Morgan fingerprint density at radius 2 is 1.74 bits per heavy atom. The molecule has 2 heterocycles. The molecular formula is C53H85N5O11. The number of carboxylic acids is 1. The Morgan fingerprint density at radius 1 is 1.01 bits per heavy atom. The Morgan fingerprint density at radius 3 is 2.39 bits per heavy atom. The molecule has 3 aliphatic rings. The van der Waals surface area contributed by atoms with Gasteiger partial charge in [-0.25, -0.2) is 9.80 Å². The van der Waals surface area contributed by atoms with E-state index in [9.17, 15) is 39.3 Å². The number of methoxy groups -OCH3 is 2. The molecule has 16 heteroatoms. The third-order valence-electron chi connectivity index (χ3n) is 15.0. The number of aliphatic carboxylic acids is 1. The minimum absolute atomic E-state index is 0.00940. The Hall–Kier alpha value is -4.18. The first kappa shape index (κ1) is 59.1. The highest BCUT2D eigenvalue weighted by molar-refractivity contribution is 6.39. The molecule has 1 amide bonds. The van der Waals surface area contributed by atoms with Gasteiger partial charge in [-0.05, 0) is 138 Å². The number of likely N-dealkylation sites (tertiary alicyclic amines) is 1. The van der Waals surface area contributed by atoms with Crippen LogP contribution in [0.5, 0.6) is 0 Å². The first-order valence-electron chi connectivity index (χ1n) is 25.4. The normalized spacial score (nSPS) is 27.4. The molecule has 16 nitrogen and oxygen atoms in total. The molecule has 0 radical (unpaired) electrons. The topological polar surface area (TPSA) is 240 Å². The molecule has 0 aromatic rings. The Kier molecular flexibility index (Phi) is 25.1. The second-order valence-electron chi connectivity index (χ2n) is 20.6. The van der Waals surface area contributed by atoms with Crippen molar-refractivity contribution < 1.29 is 53.5 Å². The molecule has 1 aliphatic carbocycles. The number of hydrogen-bond donors (Lipinski definition) is 5. The van der Waals surface area contributed by atoms with E-state index in [1.165, 1.54) is 5.01 Å². The second kappa shape index (κ2) is 29.2. The summed E-state index contributed by atoms with van der Waals surface area (Å²) in [6, 6.07) is -1.21. The lowest BCUT2D eigenvalue weighted by Gasteiger charge is -2.42. The van der Waals surface area contributed by atoms with Gasteiger partial charge in [-0.15, -0.1) is 5.73 Å². The van der Waals surface area contributed by atoms with Crippen LogP contribution in [-0.4, -0.2) is 124 Å². The van der Waals surface area contributed by atoms with Crippen molar-refractivity contribution in [3.8, 4) is 0 Å². The Labute approximate surface area is 411 Å². The molecule has 0 spiro atoms. The highest BCUT2D eigenvalue weighted by atomic mass is 16.6. The van der Waals surface area contributed by atoms with E-state index in [0.29, 0.717) is 75.2 Å². The number of rotatable bonds is 29. The number of carbonyl (C=O) groups excluding carboxylic acids is 4. The van der Waals surface area contributed by atoms with Crippen LogP contribution in [0.2, 0.25) is 0 Å². The summed E-state index contributed by atoms with van der Waals surface area (Å²) in [7, 11) is 3.30. The fourth-order valence-corrected chi connectivity index (χ4v) is 10.4. The number of hydrogen-bond acceptors (Lipinski definition) is 13. The zero-order chi connectivity index (χ0) is 51.4. The standard InChI is InChI=1S/C53H85N5O11/c1-34(28-37(4)46(60)32-47(61)39(6)30-38(5)45(59)25-19-35(2)29-41-21-24-43(49(31-41)68-9)58(33-54)56-55)16-12-10-11-13-17-36(3)48(67-8)26-23-42-22-20-40(7)53(66,69-42)50(62)51(63)57-27-15-14-18-44(57)52(64)65/h10,12-13,16,30,33-38,40-44,47-49,54-55,61,66H,14-15,17-29,31-32H2,1-9H3,(H,64,65)/b16-12+,39-30+,54-33?,56-55?/t11?,34?,35-,36?,37+,38+,40+,41-,42-,43-,44-,47-,48-,49+,53?/m0/s1. The number of allylic oxidation sites excluding steroid dienone is 4. The monoisotopic (exact) mass is 968 g/mol. The smallest absolute Gasteiger partial charge is 0.326 e. The van der Waals surface area contributed by atoms with E-state index in [-0.39, 0.29) is 72.9 Å². The van der Waals surface area contributed by atoms with Crippen LogP contribution in [0.25, 0.3) is 0 Å². The summed E-state index contributed by atoms with van der Waals surface area (Å²) in [4.78, 5) is 65.7. The van der Waals surface area contributed by atoms with Gasteiger partial charge in [-0.3, -0.25) is 24.6 Å². The van der Waals surface area contributed by atoms with Gasteiger partial charge in [0.1, 0.15) is 23.9 Å². The maximum absolute atomic E-state index is 13.4. The van der Waals surface area contributed by atoms with E-state index < -0.39 is 47.6 Å². The molecule has 3 unspecified atom stereocenters. The Bertz CT molecular complexity index is 1840. The van der Waals surface area contributed by atoms with Crippen molar-refractivity contribution in [3.63, 3.8) is 0 Å². The maximum Gasteiger partial charge on any atom is 0.326 e. The molecule has 0 aromatic heterocycles. The second-order valence-corrected chi connectivity index (χ2v) is 20.6. The van der Waals surface area contributed by atoms with Crippen LogP contribution in [0.15, 0.2) is 46.9 Å². The molecule has 3 fully saturated rings. The summed E-state index contributed by atoms with van der Waals surface area (Å²) < 4.78 is 17.5. The minimum Gasteiger partial charge on any atom is -0.480 e. The van der Waals surface area contributed by atoms with E-state index in [2.05, 4.69) is 24.8 Å². The van der Waals surface area contributed by atoms with Crippen LogP contribution in [0.3, 0.4) is 0 Å². The van der Waals surface area contributed by atoms with Gasteiger partial charge in [-0.2, -0.15) is 5.53 Å². The minimum atomic E-state index is -2.32. The molecule has 2 saturated heterocycles. The van der Waals surface area contributed by atoms with Gasteiger partial charge in [0.25, 0.3) is 11.7 Å². The lowest BCUT2D eigenvalue weighted by atomic mass is 9.78. The number of amides is 1. The summed E-state index contributed by atoms with van der Waals surface area (Å²) >= 11 is 0. The van der Waals surface area contributed by atoms with Crippen LogP contribution in [0, 0.1) is 52.4 Å². The van der Waals surface area contributed by atoms with Gasteiger partial charge in [-0.1, -0.05) is 65.0 Å². The molecule has 69 heavy (non-hydrogen) atoms. The largest absolute Gasteiger partial charge is 0.480 e. The summed E-state index contributed by atoms with van der Waals surface area (Å²) in [5, 5.41) is 44.3. The number of piperidine rings is 1. The molecule has 5 N–H and O–H groups in total. The summed E-state index contributed by atoms with van der Waals surface area (Å²) in [5.74, 6) is -5.80. The van der Waals surface area contributed by atoms with Crippen molar-refractivity contribution in [2.45, 2.75) is 193 Å². The van der Waals surface area contributed by atoms with Crippen molar-refractivity contribution in [1.29, 1.82) is 10.9 Å². The van der Waals surface area contributed by atoms with E-state index >= 15 is 0 Å². The van der Waals surface area contributed by atoms with E-state index in [1.807, 2.05) is 45.1 Å². The van der Waals surface area contributed by atoms with Gasteiger partial charge < -0.3 is 34.4 Å². The molecule has 1 saturated carbocycles. The van der Waals surface area contributed by atoms with Crippen molar-refractivity contribution in [1.82, 2.24) is 9.91 Å². The van der Waals surface area contributed by atoms with Crippen molar-refractivity contribution in [2.24, 2.45) is 46.6 Å². The van der Waals surface area contributed by atoms with Crippen LogP contribution in [0.1, 0.15) is 151 Å². The van der Waals surface area contributed by atoms with E-state index in [0.717, 1.165) is 43.3 Å². The first-order valence-corrected chi connectivity index (χ1v) is 25.4. The van der Waals surface area contributed by atoms with Crippen molar-refractivity contribution >= 4 is 35.6 Å². The van der Waals surface area contributed by atoms with Crippen LogP contribution in [0.4, 0.5) is 0 Å². The van der Waals surface area contributed by atoms with Crippen LogP contribution < -0.4 is 0 Å². The van der Waals surface area contributed by atoms with E-state index in [4.69, 9.17) is 25.2 Å². The van der Waals surface area contributed by atoms with E-state index in [1.54, 1.807) is 34.1 Å². The predicted octanol–water partition coefficient (Wildman–Crippen LogP) is 8.59. The van der Waals surface area contributed by atoms with Gasteiger partial charge in [0, 0.05) is 51.4 Å². The maximum atomic E-state index is 13.4. The fourth-order valence-electron chi connectivity index (χ4n) is 10.4. The van der Waals surface area contributed by atoms with Crippen LogP contribution in [-0.2, 0) is 38.2 Å². The first-order chi connectivity index (χ1) is 32.7. The number of carbonyl (C=O) groups is 5.